The molecule has 36 heavy (non-hydrogen) atoms. The van der Waals surface area contributed by atoms with Gasteiger partial charge in [-0.15, -0.1) is 13.2 Å². The van der Waals surface area contributed by atoms with E-state index >= 15 is 0 Å². The molecule has 0 bridgehead atoms. The standard InChI is InChI=1S/C26H39N5O4Si/c1-9-11-22(35-25(27)33)20-16-19(12-13-28-20)23-21(30-24(32)18(3)10-2)17-29-31(23)14-15-34-36(7,8)26(4,5)6/h9-10,12-13,16-18,22H,1-2,11,14-15H2,3-8H3,(H2,27,33)(H,30,32)/t18?,22-/m0/s1. The molecule has 196 valence electrons. The third kappa shape index (κ3) is 7.38. The highest BCUT2D eigenvalue weighted by molar-refractivity contribution is 6.74. The Morgan fingerprint density at radius 3 is 2.58 bits per heavy atom. The van der Waals surface area contributed by atoms with Gasteiger partial charge in [-0.05, 0) is 30.3 Å². The lowest BCUT2D eigenvalue weighted by Crippen LogP contribution is -2.41. The number of nitrogens with zero attached hydrogens (tertiary/aromatic N) is 3. The van der Waals surface area contributed by atoms with Gasteiger partial charge in [0.25, 0.3) is 0 Å². The molecule has 0 aromatic carbocycles. The van der Waals surface area contributed by atoms with E-state index in [-0.39, 0.29) is 16.9 Å². The molecule has 2 heterocycles. The summed E-state index contributed by atoms with van der Waals surface area (Å²) in [5.74, 6) is -0.573. The van der Waals surface area contributed by atoms with Gasteiger partial charge in [0.15, 0.2) is 8.32 Å². The number of nitrogens with one attached hydrogen (secondary N) is 1. The number of primary amides is 1. The average Bonchev–Trinajstić information content (AvgIpc) is 3.19. The molecule has 9 nitrogen and oxygen atoms in total. The maximum Gasteiger partial charge on any atom is 0.405 e. The normalized spacial score (nSPS) is 13.5. The van der Waals surface area contributed by atoms with Gasteiger partial charge >= 0.3 is 6.09 Å². The molecule has 10 heteroatoms. The summed E-state index contributed by atoms with van der Waals surface area (Å²) >= 11 is 0. The molecule has 0 radical (unpaired) electrons. The van der Waals surface area contributed by atoms with Crippen molar-refractivity contribution in [3.05, 3.63) is 55.5 Å². The second-order valence-corrected chi connectivity index (χ2v) is 15.0. The molecule has 2 aromatic rings. The molecule has 2 atom stereocenters. The first-order valence-electron chi connectivity index (χ1n) is 12.0. The third-order valence-electron chi connectivity index (χ3n) is 6.46. The van der Waals surface area contributed by atoms with Crippen molar-refractivity contribution in [3.8, 4) is 11.3 Å². The summed E-state index contributed by atoms with van der Waals surface area (Å²) in [5, 5.41) is 7.57. The van der Waals surface area contributed by atoms with Gasteiger partial charge in [0.05, 0.1) is 42.3 Å². The topological polar surface area (TPSA) is 121 Å². The van der Waals surface area contributed by atoms with E-state index in [1.165, 1.54) is 0 Å². The van der Waals surface area contributed by atoms with Crippen LogP contribution >= 0.6 is 0 Å². The van der Waals surface area contributed by atoms with E-state index in [2.05, 4.69) is 62.4 Å². The Hall–Kier alpha value is -3.24. The van der Waals surface area contributed by atoms with Crippen molar-refractivity contribution in [3.63, 3.8) is 0 Å². The van der Waals surface area contributed by atoms with Crippen molar-refractivity contribution < 1.29 is 18.8 Å². The number of anilines is 1. The summed E-state index contributed by atoms with van der Waals surface area (Å²) in [6.45, 7) is 21.1. The lowest BCUT2D eigenvalue weighted by molar-refractivity contribution is -0.118. The Balaban J connectivity index is 2.46. The van der Waals surface area contributed by atoms with Crippen LogP contribution in [-0.4, -0.2) is 41.7 Å². The molecule has 3 N–H and O–H groups in total. The number of amides is 2. The molecule has 0 saturated carbocycles. The van der Waals surface area contributed by atoms with Crippen LogP contribution in [0, 0.1) is 5.92 Å². The van der Waals surface area contributed by atoms with Crippen LogP contribution in [0.2, 0.25) is 18.1 Å². The number of hydrogen-bond donors (Lipinski definition) is 2. The van der Waals surface area contributed by atoms with E-state index in [9.17, 15) is 9.59 Å². The number of nitrogens with two attached hydrogens (primary N) is 1. The van der Waals surface area contributed by atoms with Crippen molar-refractivity contribution in [1.82, 2.24) is 14.8 Å². The fourth-order valence-corrected chi connectivity index (χ4v) is 4.24. The smallest absolute Gasteiger partial charge is 0.405 e. The fraction of sp³-hybridized carbons (Fsp3) is 0.462. The van der Waals surface area contributed by atoms with Crippen LogP contribution in [0.15, 0.2) is 49.8 Å². The average molecular weight is 514 g/mol. The Labute approximate surface area is 214 Å². The number of carbonyl (C=O) groups is 2. The largest absolute Gasteiger partial charge is 0.440 e. The third-order valence-corrected chi connectivity index (χ3v) is 11.0. The summed E-state index contributed by atoms with van der Waals surface area (Å²) < 4.78 is 13.4. The van der Waals surface area contributed by atoms with Gasteiger partial charge in [0, 0.05) is 18.2 Å². The van der Waals surface area contributed by atoms with Crippen molar-refractivity contribution in [2.75, 3.05) is 11.9 Å². The Morgan fingerprint density at radius 1 is 1.31 bits per heavy atom. The highest BCUT2D eigenvalue weighted by Crippen LogP contribution is 2.37. The Morgan fingerprint density at radius 2 is 2.00 bits per heavy atom. The van der Waals surface area contributed by atoms with Crippen molar-refractivity contribution in [1.29, 1.82) is 0 Å². The molecule has 0 aliphatic carbocycles. The first kappa shape index (κ1) is 29.0. The van der Waals surface area contributed by atoms with Crippen LogP contribution < -0.4 is 11.1 Å². The summed E-state index contributed by atoms with van der Waals surface area (Å²) in [4.78, 5) is 28.4. The lowest BCUT2D eigenvalue weighted by atomic mass is 10.1. The number of ether oxygens (including phenoxy) is 1. The van der Waals surface area contributed by atoms with E-state index in [1.807, 2.05) is 6.07 Å². The molecule has 1 unspecified atom stereocenters. The summed E-state index contributed by atoms with van der Waals surface area (Å²) in [5.41, 5.74) is 7.75. The van der Waals surface area contributed by atoms with Crippen LogP contribution in [0.3, 0.4) is 0 Å². The van der Waals surface area contributed by atoms with Gasteiger partial charge in [-0.1, -0.05) is 39.8 Å². The highest BCUT2D eigenvalue weighted by atomic mass is 28.4. The maximum atomic E-state index is 12.6. The van der Waals surface area contributed by atoms with E-state index in [1.54, 1.807) is 42.2 Å². The number of carbonyl (C=O) groups excluding carboxylic acids is 2. The van der Waals surface area contributed by atoms with Crippen molar-refractivity contribution >= 4 is 26.0 Å². The van der Waals surface area contributed by atoms with Crippen molar-refractivity contribution in [2.24, 2.45) is 11.7 Å². The van der Waals surface area contributed by atoms with Crippen LogP contribution in [0.25, 0.3) is 11.3 Å². The molecule has 0 saturated heterocycles. The minimum atomic E-state index is -1.95. The quantitative estimate of drug-likeness (QED) is 0.288. The van der Waals surface area contributed by atoms with Gasteiger partial charge in [-0.2, -0.15) is 5.10 Å². The van der Waals surface area contributed by atoms with E-state index in [0.29, 0.717) is 36.6 Å². The summed E-state index contributed by atoms with van der Waals surface area (Å²) in [6.07, 6.45) is 5.22. The lowest BCUT2D eigenvalue weighted by Gasteiger charge is -2.36. The van der Waals surface area contributed by atoms with Gasteiger partial charge in [-0.25, -0.2) is 4.79 Å². The molecule has 0 aliphatic heterocycles. The second-order valence-electron chi connectivity index (χ2n) is 10.2. The first-order valence-corrected chi connectivity index (χ1v) is 14.9. The number of rotatable bonds is 12. The number of pyridine rings is 1. The monoisotopic (exact) mass is 513 g/mol. The Bertz CT molecular complexity index is 1090. The zero-order chi connectivity index (χ0) is 27.1. The van der Waals surface area contributed by atoms with Gasteiger partial charge in [-0.3, -0.25) is 14.5 Å². The summed E-state index contributed by atoms with van der Waals surface area (Å²) in [6, 6.07) is 3.61. The van der Waals surface area contributed by atoms with Crippen molar-refractivity contribution in [2.45, 2.75) is 64.9 Å². The van der Waals surface area contributed by atoms with E-state index in [4.69, 9.17) is 14.9 Å². The SMILES string of the molecule is C=CC[C@H](OC(N)=O)c1cc(-c2c(NC(=O)C(C)C=C)cnn2CCO[Si](C)(C)C(C)(C)C)ccn1. The molecule has 2 rings (SSSR count). The van der Waals surface area contributed by atoms with Gasteiger partial charge in [0.1, 0.15) is 6.10 Å². The fourth-order valence-electron chi connectivity index (χ4n) is 3.20. The minimum absolute atomic E-state index is 0.0838. The van der Waals surface area contributed by atoms with E-state index < -0.39 is 20.5 Å². The molecule has 2 aromatic heterocycles. The predicted molar refractivity (Wildman–Crippen MR) is 145 cm³/mol. The molecule has 0 aliphatic rings. The summed E-state index contributed by atoms with van der Waals surface area (Å²) in [7, 11) is -1.95. The zero-order valence-electron chi connectivity index (χ0n) is 22.2. The van der Waals surface area contributed by atoms with E-state index in [0.717, 1.165) is 5.56 Å². The number of aromatic nitrogens is 3. The molecule has 0 fully saturated rings. The molecular formula is C26H39N5O4Si. The molecule has 2 amide bonds. The van der Waals surface area contributed by atoms with Crippen LogP contribution in [-0.2, 0) is 20.5 Å². The van der Waals surface area contributed by atoms with Crippen LogP contribution in [0.5, 0.6) is 0 Å². The van der Waals surface area contributed by atoms with Crippen LogP contribution in [0.1, 0.15) is 45.9 Å². The first-order chi connectivity index (χ1) is 16.8. The van der Waals surface area contributed by atoms with Crippen LogP contribution in [0.4, 0.5) is 10.5 Å². The zero-order valence-corrected chi connectivity index (χ0v) is 23.2. The molecule has 0 spiro atoms. The van der Waals surface area contributed by atoms with Gasteiger partial charge in [0.2, 0.25) is 5.91 Å². The predicted octanol–water partition coefficient (Wildman–Crippen LogP) is 5.44. The highest BCUT2D eigenvalue weighted by Gasteiger charge is 2.37. The maximum absolute atomic E-state index is 12.6. The number of hydrogen-bond acceptors (Lipinski definition) is 6. The second kappa shape index (κ2) is 12.1. The van der Waals surface area contributed by atoms with Gasteiger partial charge < -0.3 is 20.2 Å². The Kier molecular flexibility index (Phi) is 9.77. The molecular weight excluding hydrogens is 474 g/mol. The minimum Gasteiger partial charge on any atom is -0.440 e.